The monoisotopic (exact) mass is 316 g/mol. The van der Waals surface area contributed by atoms with Gasteiger partial charge in [-0.15, -0.1) is 0 Å². The number of rotatable bonds is 9. The van der Waals surface area contributed by atoms with Gasteiger partial charge in [0.2, 0.25) is 0 Å². The van der Waals surface area contributed by atoms with Gasteiger partial charge in [-0.2, -0.15) is 13.2 Å². The normalized spacial score (nSPS) is 13.9. The van der Waals surface area contributed by atoms with E-state index in [1.165, 1.54) is 0 Å². The van der Waals surface area contributed by atoms with E-state index in [1.807, 2.05) is 0 Å². The number of halogens is 4. The van der Waals surface area contributed by atoms with E-state index in [0.29, 0.717) is 25.7 Å². The summed E-state index contributed by atoms with van der Waals surface area (Å²) in [5.74, 6) is 0. The van der Waals surface area contributed by atoms with Gasteiger partial charge in [-0.1, -0.05) is 25.7 Å². The molecule has 0 aromatic carbocycles. The summed E-state index contributed by atoms with van der Waals surface area (Å²) in [6.07, 6.45) is -2.76. The first kappa shape index (κ1) is 21.9. The summed E-state index contributed by atoms with van der Waals surface area (Å²) >= 11 is 0. The van der Waals surface area contributed by atoms with E-state index in [-0.39, 0.29) is 48.8 Å². The minimum Gasteiger partial charge on any atom is -0.746 e. The van der Waals surface area contributed by atoms with Crippen molar-refractivity contribution < 1.29 is 60.1 Å². The van der Waals surface area contributed by atoms with Crippen molar-refractivity contribution >= 4 is 10.1 Å². The van der Waals surface area contributed by atoms with Crippen LogP contribution in [-0.4, -0.2) is 24.7 Å². The van der Waals surface area contributed by atoms with Gasteiger partial charge < -0.3 is 4.55 Å². The first-order valence-electron chi connectivity index (χ1n) is 5.78. The van der Waals surface area contributed by atoms with Crippen molar-refractivity contribution in [1.82, 2.24) is 0 Å². The molecule has 0 aliphatic carbocycles. The Morgan fingerprint density at radius 2 is 1.37 bits per heavy atom. The molecule has 0 spiro atoms. The SMILES string of the molecule is O=S(=O)([O-])C(F)CCCCCCCCC(F)(F)F.[Na+]. The number of hydrogen-bond donors (Lipinski definition) is 0. The Balaban J connectivity index is 0. The van der Waals surface area contributed by atoms with E-state index in [9.17, 15) is 30.5 Å². The van der Waals surface area contributed by atoms with E-state index in [0.717, 1.165) is 0 Å². The molecule has 0 heterocycles. The molecule has 0 fully saturated rings. The largest absolute Gasteiger partial charge is 1.00 e. The molecule has 0 amide bonds. The fourth-order valence-corrected chi connectivity index (χ4v) is 1.94. The molecule has 0 saturated heterocycles. The molecule has 3 nitrogen and oxygen atoms in total. The molecule has 0 aromatic heterocycles. The molecule has 1 atom stereocenters. The van der Waals surface area contributed by atoms with Gasteiger partial charge in [0.25, 0.3) is 0 Å². The Kier molecular flexibility index (Phi) is 12.0. The zero-order valence-electron chi connectivity index (χ0n) is 10.9. The van der Waals surface area contributed by atoms with Crippen molar-refractivity contribution in [2.24, 2.45) is 0 Å². The van der Waals surface area contributed by atoms with Crippen LogP contribution in [0.25, 0.3) is 0 Å². The molecule has 0 bridgehead atoms. The summed E-state index contributed by atoms with van der Waals surface area (Å²) < 4.78 is 78.5. The quantitative estimate of drug-likeness (QED) is 0.270. The third-order valence-electron chi connectivity index (χ3n) is 2.45. The Morgan fingerprint density at radius 1 is 0.947 bits per heavy atom. The molecular formula is C10H17F4NaO3S. The van der Waals surface area contributed by atoms with Gasteiger partial charge in [0.05, 0.1) is 0 Å². The zero-order chi connectivity index (χ0) is 14.2. The minimum atomic E-state index is -4.86. The van der Waals surface area contributed by atoms with Gasteiger partial charge in [0, 0.05) is 6.42 Å². The van der Waals surface area contributed by atoms with E-state index in [2.05, 4.69) is 0 Å². The fraction of sp³-hybridized carbons (Fsp3) is 1.00. The number of alkyl halides is 4. The van der Waals surface area contributed by atoms with Crippen LogP contribution in [0.4, 0.5) is 17.6 Å². The average molecular weight is 316 g/mol. The second-order valence-corrected chi connectivity index (χ2v) is 5.68. The maximum Gasteiger partial charge on any atom is 1.00 e. The smallest absolute Gasteiger partial charge is 0.746 e. The summed E-state index contributed by atoms with van der Waals surface area (Å²) in [5, 5.41) is 0. The van der Waals surface area contributed by atoms with Crippen LogP contribution in [0.5, 0.6) is 0 Å². The van der Waals surface area contributed by atoms with Crippen molar-refractivity contribution in [2.75, 3.05) is 0 Å². The molecule has 0 aliphatic rings. The summed E-state index contributed by atoms with van der Waals surface area (Å²) in [4.78, 5) is 0. The van der Waals surface area contributed by atoms with Gasteiger partial charge in [-0.3, -0.25) is 0 Å². The van der Waals surface area contributed by atoms with Crippen molar-refractivity contribution in [3.05, 3.63) is 0 Å². The summed E-state index contributed by atoms with van der Waals surface area (Å²) in [6.45, 7) is 0. The first-order chi connectivity index (χ1) is 8.13. The summed E-state index contributed by atoms with van der Waals surface area (Å²) in [5.41, 5.74) is -2.37. The maximum absolute atomic E-state index is 12.6. The zero-order valence-corrected chi connectivity index (χ0v) is 13.7. The van der Waals surface area contributed by atoms with Gasteiger partial charge in [0.1, 0.15) is 10.1 Å². The third-order valence-corrected chi connectivity index (χ3v) is 3.32. The Morgan fingerprint density at radius 3 is 1.79 bits per heavy atom. The maximum atomic E-state index is 12.6. The van der Waals surface area contributed by atoms with Crippen LogP contribution in [-0.2, 0) is 10.1 Å². The predicted octanol–water partition coefficient (Wildman–Crippen LogP) is 0.514. The molecular weight excluding hydrogens is 299 g/mol. The van der Waals surface area contributed by atoms with Crippen molar-refractivity contribution in [3.63, 3.8) is 0 Å². The number of hydrogen-bond acceptors (Lipinski definition) is 3. The van der Waals surface area contributed by atoms with Crippen molar-refractivity contribution in [2.45, 2.75) is 63.0 Å². The molecule has 19 heavy (non-hydrogen) atoms. The molecule has 1 unspecified atom stereocenters. The van der Waals surface area contributed by atoms with Crippen LogP contribution in [0.1, 0.15) is 51.4 Å². The van der Waals surface area contributed by atoms with E-state index in [4.69, 9.17) is 0 Å². The fourth-order valence-electron chi connectivity index (χ4n) is 1.48. The van der Waals surface area contributed by atoms with Crippen LogP contribution in [0.2, 0.25) is 0 Å². The number of unbranched alkanes of at least 4 members (excludes halogenated alkanes) is 5. The topological polar surface area (TPSA) is 57.2 Å². The van der Waals surface area contributed by atoms with Gasteiger partial charge in [0.15, 0.2) is 5.50 Å². The molecule has 0 radical (unpaired) electrons. The Hall–Kier alpha value is 0.630. The van der Waals surface area contributed by atoms with Crippen LogP contribution in [0, 0.1) is 0 Å². The van der Waals surface area contributed by atoms with Crippen LogP contribution in [0.3, 0.4) is 0 Å². The Labute approximate surface area is 133 Å². The molecule has 0 aliphatic heterocycles. The summed E-state index contributed by atoms with van der Waals surface area (Å²) in [7, 11) is -4.86. The molecule has 0 aromatic rings. The Bertz CT molecular complexity index is 319. The van der Waals surface area contributed by atoms with E-state index >= 15 is 0 Å². The van der Waals surface area contributed by atoms with E-state index in [1.54, 1.807) is 0 Å². The molecule has 0 rings (SSSR count). The van der Waals surface area contributed by atoms with Gasteiger partial charge in [-0.25, -0.2) is 12.8 Å². The second-order valence-electron chi connectivity index (χ2n) is 4.18. The van der Waals surface area contributed by atoms with Gasteiger partial charge >= 0.3 is 35.7 Å². The third kappa shape index (κ3) is 14.8. The summed E-state index contributed by atoms with van der Waals surface area (Å²) in [6, 6.07) is 0. The van der Waals surface area contributed by atoms with Crippen LogP contribution >= 0.6 is 0 Å². The van der Waals surface area contributed by atoms with Gasteiger partial charge in [-0.05, 0) is 19.3 Å². The minimum absolute atomic E-state index is 0. The standard InChI is InChI=1S/C10H18F4O3S.Na/c11-9(18(15,16)17)7-5-3-1-2-4-6-8-10(12,13)14;/h9H,1-8H2,(H,15,16,17);/q;+1/p-1. The van der Waals surface area contributed by atoms with Crippen molar-refractivity contribution in [1.29, 1.82) is 0 Å². The molecule has 9 heteroatoms. The van der Waals surface area contributed by atoms with E-state index < -0.39 is 28.2 Å². The molecule has 0 saturated carbocycles. The van der Waals surface area contributed by atoms with Crippen molar-refractivity contribution in [3.8, 4) is 0 Å². The van der Waals surface area contributed by atoms with Crippen LogP contribution < -0.4 is 29.6 Å². The van der Waals surface area contributed by atoms with Crippen LogP contribution in [0.15, 0.2) is 0 Å². The molecule has 110 valence electrons. The average Bonchev–Trinajstić information content (AvgIpc) is 2.18. The first-order valence-corrected chi connectivity index (χ1v) is 7.25. The second kappa shape index (κ2) is 10.4. The molecule has 0 N–H and O–H groups in total. The predicted molar refractivity (Wildman–Crippen MR) is 57.6 cm³/mol.